The third-order valence-electron chi connectivity index (χ3n) is 3.31. The summed E-state index contributed by atoms with van der Waals surface area (Å²) in [5, 5.41) is 0. The van der Waals surface area contributed by atoms with Crippen molar-refractivity contribution < 1.29 is 0 Å². The van der Waals surface area contributed by atoms with E-state index in [9.17, 15) is 0 Å². The van der Waals surface area contributed by atoms with Gasteiger partial charge in [-0.1, -0.05) is 19.9 Å². The highest BCUT2D eigenvalue weighted by molar-refractivity contribution is 5.00. The van der Waals surface area contributed by atoms with Crippen LogP contribution in [0.1, 0.15) is 26.7 Å². The van der Waals surface area contributed by atoms with Crippen molar-refractivity contribution in [2.75, 3.05) is 13.1 Å². The molecule has 2 fully saturated rings. The molecule has 68 valence electrons. The van der Waals surface area contributed by atoms with Gasteiger partial charge in [-0.25, -0.2) is 0 Å². The molecule has 0 bridgehead atoms. The molecule has 0 radical (unpaired) electrons. The first-order valence-corrected chi connectivity index (χ1v) is 4.97. The lowest BCUT2D eigenvalue weighted by Crippen LogP contribution is -2.24. The first-order chi connectivity index (χ1) is 5.61. The van der Waals surface area contributed by atoms with Gasteiger partial charge in [-0.05, 0) is 24.2 Å². The van der Waals surface area contributed by atoms with Crippen LogP contribution in [0.5, 0.6) is 0 Å². The fraction of sp³-hybridized carbons (Fsp3) is 0.818. The number of hydrogen-bond donors (Lipinski definition) is 0. The third-order valence-corrected chi connectivity index (χ3v) is 3.31. The summed E-state index contributed by atoms with van der Waals surface area (Å²) in [6, 6.07) is 0.864. The van der Waals surface area contributed by atoms with Crippen LogP contribution in [0.4, 0.5) is 0 Å². The van der Waals surface area contributed by atoms with E-state index >= 15 is 0 Å². The van der Waals surface area contributed by atoms with E-state index < -0.39 is 0 Å². The SMILES string of the molecule is C=C[C@H]1C[C@@H]2CC(C)(C)CN2C1. The lowest BCUT2D eigenvalue weighted by molar-refractivity contribution is 0.290. The summed E-state index contributed by atoms with van der Waals surface area (Å²) >= 11 is 0. The van der Waals surface area contributed by atoms with Gasteiger partial charge in [0.1, 0.15) is 0 Å². The van der Waals surface area contributed by atoms with Gasteiger partial charge in [0.2, 0.25) is 0 Å². The molecule has 2 heterocycles. The Morgan fingerprint density at radius 2 is 2.25 bits per heavy atom. The molecule has 0 aliphatic carbocycles. The van der Waals surface area contributed by atoms with Crippen LogP contribution in [0.25, 0.3) is 0 Å². The average Bonchev–Trinajstić information content (AvgIpc) is 2.40. The van der Waals surface area contributed by atoms with Gasteiger partial charge in [-0.2, -0.15) is 0 Å². The van der Waals surface area contributed by atoms with Crippen molar-refractivity contribution in [1.29, 1.82) is 0 Å². The summed E-state index contributed by atoms with van der Waals surface area (Å²) < 4.78 is 0. The maximum absolute atomic E-state index is 3.88. The third kappa shape index (κ3) is 1.31. The molecular formula is C11H19N. The number of hydrogen-bond acceptors (Lipinski definition) is 1. The number of nitrogens with zero attached hydrogens (tertiary/aromatic N) is 1. The first-order valence-electron chi connectivity index (χ1n) is 4.97. The largest absolute Gasteiger partial charge is 0.299 e. The molecule has 0 N–H and O–H groups in total. The maximum atomic E-state index is 3.88. The monoisotopic (exact) mass is 165 g/mol. The van der Waals surface area contributed by atoms with Gasteiger partial charge in [0.15, 0.2) is 0 Å². The molecule has 0 unspecified atom stereocenters. The molecule has 0 spiro atoms. The van der Waals surface area contributed by atoms with Crippen molar-refractivity contribution in [3.63, 3.8) is 0 Å². The lowest BCUT2D eigenvalue weighted by atomic mass is 9.88. The van der Waals surface area contributed by atoms with E-state index in [0.717, 1.165) is 12.0 Å². The summed E-state index contributed by atoms with van der Waals surface area (Å²) in [6.45, 7) is 11.2. The van der Waals surface area contributed by atoms with Crippen molar-refractivity contribution in [2.24, 2.45) is 11.3 Å². The van der Waals surface area contributed by atoms with Crippen molar-refractivity contribution in [3.05, 3.63) is 12.7 Å². The summed E-state index contributed by atoms with van der Waals surface area (Å²) in [4.78, 5) is 2.65. The molecule has 0 amide bonds. The van der Waals surface area contributed by atoms with Crippen LogP contribution in [0.3, 0.4) is 0 Å². The smallest absolute Gasteiger partial charge is 0.0107 e. The Morgan fingerprint density at radius 3 is 2.83 bits per heavy atom. The van der Waals surface area contributed by atoms with Crippen LogP contribution in [0, 0.1) is 11.3 Å². The van der Waals surface area contributed by atoms with Crippen LogP contribution < -0.4 is 0 Å². The van der Waals surface area contributed by atoms with Crippen molar-refractivity contribution in [2.45, 2.75) is 32.7 Å². The van der Waals surface area contributed by atoms with Crippen LogP contribution >= 0.6 is 0 Å². The fourth-order valence-electron chi connectivity index (χ4n) is 2.85. The summed E-state index contributed by atoms with van der Waals surface area (Å²) in [5.41, 5.74) is 0.566. The van der Waals surface area contributed by atoms with Gasteiger partial charge in [-0.15, -0.1) is 6.58 Å². The van der Waals surface area contributed by atoms with E-state index in [1.165, 1.54) is 25.9 Å². The highest BCUT2D eigenvalue weighted by Gasteiger charge is 2.42. The normalized spacial score (nSPS) is 39.8. The molecule has 0 aromatic heterocycles. The molecule has 1 nitrogen and oxygen atoms in total. The first kappa shape index (κ1) is 8.31. The summed E-state index contributed by atoms with van der Waals surface area (Å²) in [6.07, 6.45) is 4.87. The van der Waals surface area contributed by atoms with Crippen molar-refractivity contribution in [3.8, 4) is 0 Å². The standard InChI is InChI=1S/C11H19N/c1-4-9-5-10-6-11(2,3)8-12(10)7-9/h4,9-10H,1,5-8H2,2-3H3/t9-,10+/m0/s1. The van der Waals surface area contributed by atoms with Crippen LogP contribution in [0.15, 0.2) is 12.7 Å². The number of rotatable bonds is 1. The van der Waals surface area contributed by atoms with Crippen molar-refractivity contribution in [1.82, 2.24) is 4.90 Å². The zero-order chi connectivity index (χ0) is 8.77. The van der Waals surface area contributed by atoms with E-state index in [4.69, 9.17) is 0 Å². The van der Waals surface area contributed by atoms with E-state index in [1.54, 1.807) is 0 Å². The average molecular weight is 165 g/mol. The maximum Gasteiger partial charge on any atom is 0.0107 e. The molecule has 0 saturated carbocycles. The topological polar surface area (TPSA) is 3.24 Å². The Balaban J connectivity index is 2.02. The molecule has 2 atom stereocenters. The molecule has 2 saturated heterocycles. The van der Waals surface area contributed by atoms with E-state index in [2.05, 4.69) is 31.4 Å². The molecule has 0 aromatic rings. The van der Waals surface area contributed by atoms with Crippen LogP contribution in [-0.2, 0) is 0 Å². The molecular weight excluding hydrogens is 146 g/mol. The Bertz CT molecular complexity index is 179. The van der Waals surface area contributed by atoms with Crippen LogP contribution in [-0.4, -0.2) is 24.0 Å². The minimum atomic E-state index is 0.566. The summed E-state index contributed by atoms with van der Waals surface area (Å²) in [7, 11) is 0. The Labute approximate surface area is 75.4 Å². The Morgan fingerprint density at radius 1 is 1.50 bits per heavy atom. The highest BCUT2D eigenvalue weighted by atomic mass is 15.2. The zero-order valence-electron chi connectivity index (χ0n) is 8.21. The second kappa shape index (κ2) is 2.59. The number of fused-ring (bicyclic) bond motifs is 1. The minimum absolute atomic E-state index is 0.566. The predicted molar refractivity (Wildman–Crippen MR) is 52.1 cm³/mol. The van der Waals surface area contributed by atoms with Gasteiger partial charge in [0.05, 0.1) is 0 Å². The molecule has 2 aliphatic heterocycles. The lowest BCUT2D eigenvalue weighted by Gasteiger charge is -2.19. The Kier molecular flexibility index (Phi) is 1.80. The fourth-order valence-corrected chi connectivity index (χ4v) is 2.85. The molecule has 2 aliphatic rings. The second-order valence-electron chi connectivity index (χ2n) is 5.18. The van der Waals surface area contributed by atoms with Gasteiger partial charge >= 0.3 is 0 Å². The van der Waals surface area contributed by atoms with Crippen LogP contribution in [0.2, 0.25) is 0 Å². The quantitative estimate of drug-likeness (QED) is 0.539. The van der Waals surface area contributed by atoms with E-state index in [0.29, 0.717) is 5.41 Å². The van der Waals surface area contributed by atoms with E-state index in [1.807, 2.05) is 0 Å². The predicted octanol–water partition coefficient (Wildman–Crippen LogP) is 2.29. The highest BCUT2D eigenvalue weighted by Crippen LogP contribution is 2.40. The second-order valence-corrected chi connectivity index (χ2v) is 5.18. The minimum Gasteiger partial charge on any atom is -0.299 e. The van der Waals surface area contributed by atoms with Gasteiger partial charge < -0.3 is 0 Å². The molecule has 12 heavy (non-hydrogen) atoms. The van der Waals surface area contributed by atoms with Crippen molar-refractivity contribution >= 4 is 0 Å². The molecule has 2 rings (SSSR count). The van der Waals surface area contributed by atoms with Gasteiger partial charge in [0, 0.05) is 19.1 Å². The van der Waals surface area contributed by atoms with Gasteiger partial charge in [0.25, 0.3) is 0 Å². The summed E-state index contributed by atoms with van der Waals surface area (Å²) in [5.74, 6) is 0.770. The molecule has 0 aromatic carbocycles. The zero-order valence-corrected chi connectivity index (χ0v) is 8.21. The Hall–Kier alpha value is -0.300. The molecule has 1 heteroatoms. The van der Waals surface area contributed by atoms with E-state index in [-0.39, 0.29) is 0 Å². The van der Waals surface area contributed by atoms with Gasteiger partial charge in [-0.3, -0.25) is 4.90 Å².